The molecule has 1 saturated carbocycles. The number of imidazole rings is 1. The SMILES string of the molecule is OC(COc1cccc(Br)c1)CSc1nccn1C1CC1. The summed E-state index contributed by atoms with van der Waals surface area (Å²) in [6, 6.07) is 8.23. The van der Waals surface area contributed by atoms with Crippen LogP contribution < -0.4 is 4.74 Å². The number of hydrogen-bond acceptors (Lipinski definition) is 4. The molecule has 0 bridgehead atoms. The highest BCUT2D eigenvalue weighted by atomic mass is 79.9. The minimum absolute atomic E-state index is 0.285. The second kappa shape index (κ2) is 6.85. The summed E-state index contributed by atoms with van der Waals surface area (Å²) in [6.45, 7) is 0.285. The lowest BCUT2D eigenvalue weighted by Crippen LogP contribution is -2.20. The van der Waals surface area contributed by atoms with Gasteiger partial charge in [-0.05, 0) is 31.0 Å². The summed E-state index contributed by atoms with van der Waals surface area (Å²) >= 11 is 4.98. The molecule has 6 heteroatoms. The first-order chi connectivity index (χ1) is 10.2. The zero-order chi connectivity index (χ0) is 14.7. The number of ether oxygens (including phenoxy) is 1. The van der Waals surface area contributed by atoms with Crippen LogP contribution in [0.15, 0.2) is 46.3 Å². The van der Waals surface area contributed by atoms with Crippen LogP contribution in [0.5, 0.6) is 5.75 Å². The summed E-state index contributed by atoms with van der Waals surface area (Å²) in [7, 11) is 0. The van der Waals surface area contributed by atoms with Gasteiger partial charge in [-0.1, -0.05) is 33.8 Å². The van der Waals surface area contributed by atoms with Gasteiger partial charge in [0.25, 0.3) is 0 Å². The van der Waals surface area contributed by atoms with Gasteiger partial charge in [0.15, 0.2) is 5.16 Å². The van der Waals surface area contributed by atoms with Gasteiger partial charge in [-0.3, -0.25) is 0 Å². The normalized spacial score (nSPS) is 15.9. The molecule has 1 heterocycles. The highest BCUT2D eigenvalue weighted by molar-refractivity contribution is 9.10. The zero-order valence-corrected chi connectivity index (χ0v) is 13.9. The Morgan fingerprint density at radius 3 is 3.10 bits per heavy atom. The van der Waals surface area contributed by atoms with E-state index in [0.29, 0.717) is 11.8 Å². The van der Waals surface area contributed by atoms with Crippen LogP contribution in [-0.2, 0) is 0 Å². The number of thioether (sulfide) groups is 1. The van der Waals surface area contributed by atoms with Crippen molar-refractivity contribution >= 4 is 27.7 Å². The molecule has 112 valence electrons. The molecule has 2 aromatic rings. The summed E-state index contributed by atoms with van der Waals surface area (Å²) in [5.74, 6) is 1.34. The van der Waals surface area contributed by atoms with Crippen molar-refractivity contribution in [2.45, 2.75) is 30.1 Å². The van der Waals surface area contributed by atoms with E-state index in [1.54, 1.807) is 11.8 Å². The van der Waals surface area contributed by atoms with Gasteiger partial charge in [-0.2, -0.15) is 0 Å². The first-order valence-electron chi connectivity index (χ1n) is 6.94. The van der Waals surface area contributed by atoms with Crippen LogP contribution in [0, 0.1) is 0 Å². The summed E-state index contributed by atoms with van der Waals surface area (Å²) in [4.78, 5) is 4.35. The van der Waals surface area contributed by atoms with Crippen LogP contribution in [0.3, 0.4) is 0 Å². The average molecular weight is 369 g/mol. The quantitative estimate of drug-likeness (QED) is 0.759. The predicted octanol–water partition coefficient (Wildman–Crippen LogP) is 3.51. The summed E-state index contributed by atoms with van der Waals surface area (Å²) in [5, 5.41) is 11.0. The van der Waals surface area contributed by atoms with E-state index in [-0.39, 0.29) is 6.61 Å². The standard InChI is InChI=1S/C15H17BrN2O2S/c16-11-2-1-3-14(8-11)20-9-13(19)10-21-15-17-6-7-18(15)12-4-5-12/h1-3,6-8,12-13,19H,4-5,9-10H2. The van der Waals surface area contributed by atoms with E-state index in [0.717, 1.165) is 15.4 Å². The van der Waals surface area contributed by atoms with Crippen molar-refractivity contribution < 1.29 is 9.84 Å². The number of hydrogen-bond donors (Lipinski definition) is 1. The Morgan fingerprint density at radius 2 is 2.33 bits per heavy atom. The molecular formula is C15H17BrN2O2S. The highest BCUT2D eigenvalue weighted by Crippen LogP contribution is 2.37. The molecule has 1 N–H and O–H groups in total. The van der Waals surface area contributed by atoms with Crippen LogP contribution in [0.25, 0.3) is 0 Å². The van der Waals surface area contributed by atoms with Crippen molar-refractivity contribution in [1.29, 1.82) is 0 Å². The van der Waals surface area contributed by atoms with Crippen molar-refractivity contribution in [3.63, 3.8) is 0 Å². The Bertz CT molecular complexity index is 601. The van der Waals surface area contributed by atoms with E-state index in [4.69, 9.17) is 4.74 Å². The first kappa shape index (κ1) is 14.9. The molecule has 1 aliphatic carbocycles. The summed E-state index contributed by atoms with van der Waals surface area (Å²) in [6.07, 6.45) is 5.80. The van der Waals surface area contributed by atoms with Gasteiger partial charge in [0.1, 0.15) is 12.4 Å². The number of rotatable bonds is 7. The maximum Gasteiger partial charge on any atom is 0.168 e. The number of aliphatic hydroxyl groups is 1. The van der Waals surface area contributed by atoms with Crippen LogP contribution in [0.2, 0.25) is 0 Å². The van der Waals surface area contributed by atoms with Gasteiger partial charge in [-0.25, -0.2) is 4.98 Å². The van der Waals surface area contributed by atoms with Gasteiger partial charge in [0, 0.05) is 28.7 Å². The molecule has 0 amide bonds. The first-order valence-corrected chi connectivity index (χ1v) is 8.72. The van der Waals surface area contributed by atoms with E-state index >= 15 is 0 Å². The number of aromatic nitrogens is 2. The molecular weight excluding hydrogens is 352 g/mol. The third-order valence-electron chi connectivity index (χ3n) is 3.22. The van der Waals surface area contributed by atoms with Gasteiger partial charge in [0.2, 0.25) is 0 Å². The van der Waals surface area contributed by atoms with Gasteiger partial charge in [0.05, 0.1) is 6.10 Å². The molecule has 3 rings (SSSR count). The molecule has 1 unspecified atom stereocenters. The molecule has 0 spiro atoms. The molecule has 4 nitrogen and oxygen atoms in total. The van der Waals surface area contributed by atoms with Crippen LogP contribution in [0.1, 0.15) is 18.9 Å². The fraction of sp³-hybridized carbons (Fsp3) is 0.400. The molecule has 0 aliphatic heterocycles. The fourth-order valence-electron chi connectivity index (χ4n) is 2.01. The zero-order valence-electron chi connectivity index (χ0n) is 11.5. The largest absolute Gasteiger partial charge is 0.491 e. The Labute approximate surface area is 136 Å². The van der Waals surface area contributed by atoms with Crippen molar-refractivity contribution in [2.24, 2.45) is 0 Å². The Morgan fingerprint density at radius 1 is 1.48 bits per heavy atom. The third kappa shape index (κ3) is 4.25. The highest BCUT2D eigenvalue weighted by Gasteiger charge is 2.25. The van der Waals surface area contributed by atoms with Crippen LogP contribution in [-0.4, -0.2) is 33.1 Å². The lowest BCUT2D eigenvalue weighted by Gasteiger charge is -2.12. The van der Waals surface area contributed by atoms with Gasteiger partial charge < -0.3 is 14.4 Å². The van der Waals surface area contributed by atoms with E-state index in [9.17, 15) is 5.11 Å². The molecule has 1 aromatic heterocycles. The van der Waals surface area contributed by atoms with E-state index in [1.165, 1.54) is 12.8 Å². The second-order valence-electron chi connectivity index (χ2n) is 5.08. The predicted molar refractivity (Wildman–Crippen MR) is 86.9 cm³/mol. The second-order valence-corrected chi connectivity index (χ2v) is 6.98. The fourth-order valence-corrected chi connectivity index (χ4v) is 3.32. The van der Waals surface area contributed by atoms with Gasteiger partial charge in [-0.15, -0.1) is 0 Å². The maximum atomic E-state index is 10.0. The average Bonchev–Trinajstić information content (AvgIpc) is 3.22. The molecule has 1 atom stereocenters. The topological polar surface area (TPSA) is 47.3 Å². The molecule has 1 aliphatic rings. The molecule has 0 saturated heterocycles. The van der Waals surface area contributed by atoms with Crippen molar-refractivity contribution in [3.8, 4) is 5.75 Å². The molecule has 1 fully saturated rings. The molecule has 0 radical (unpaired) electrons. The van der Waals surface area contributed by atoms with E-state index < -0.39 is 6.10 Å². The Kier molecular flexibility index (Phi) is 4.87. The van der Waals surface area contributed by atoms with Crippen molar-refractivity contribution in [3.05, 3.63) is 41.1 Å². The van der Waals surface area contributed by atoms with Gasteiger partial charge >= 0.3 is 0 Å². The number of nitrogens with zero attached hydrogens (tertiary/aromatic N) is 2. The lowest BCUT2D eigenvalue weighted by atomic mass is 10.3. The number of benzene rings is 1. The van der Waals surface area contributed by atoms with E-state index in [1.807, 2.05) is 36.7 Å². The Hall–Kier alpha value is -0.980. The summed E-state index contributed by atoms with van der Waals surface area (Å²) < 4.78 is 8.76. The summed E-state index contributed by atoms with van der Waals surface area (Å²) in [5.41, 5.74) is 0. The van der Waals surface area contributed by atoms with Crippen molar-refractivity contribution in [1.82, 2.24) is 9.55 Å². The lowest BCUT2D eigenvalue weighted by molar-refractivity contribution is 0.126. The molecule has 21 heavy (non-hydrogen) atoms. The number of halogens is 1. The minimum atomic E-state index is -0.515. The molecule has 1 aromatic carbocycles. The minimum Gasteiger partial charge on any atom is -0.491 e. The third-order valence-corrected chi connectivity index (χ3v) is 4.84. The maximum absolute atomic E-state index is 10.0. The smallest absolute Gasteiger partial charge is 0.168 e. The number of aliphatic hydroxyl groups excluding tert-OH is 1. The van der Waals surface area contributed by atoms with Crippen molar-refractivity contribution in [2.75, 3.05) is 12.4 Å². The Balaban J connectivity index is 1.46. The van der Waals surface area contributed by atoms with E-state index in [2.05, 4.69) is 25.5 Å². The van der Waals surface area contributed by atoms with Crippen LogP contribution >= 0.6 is 27.7 Å². The monoisotopic (exact) mass is 368 g/mol. The van der Waals surface area contributed by atoms with Crippen LogP contribution in [0.4, 0.5) is 0 Å².